The van der Waals surface area contributed by atoms with E-state index in [2.05, 4.69) is 75.2 Å². The second-order valence-electron chi connectivity index (χ2n) is 10.8. The van der Waals surface area contributed by atoms with Crippen molar-refractivity contribution in [3.8, 4) is 5.75 Å². The number of likely N-dealkylation sites (tertiary alicyclic amines) is 2. The molecule has 0 spiro atoms. The van der Waals surface area contributed by atoms with E-state index < -0.39 is 0 Å². The molecule has 3 aromatic rings. The maximum atomic E-state index is 13.3. The maximum Gasteiger partial charge on any atom is 0.257 e. The highest BCUT2D eigenvalue weighted by Gasteiger charge is 2.40. The number of nitrogens with zero attached hydrogens (tertiary/aromatic N) is 5. The zero-order valence-electron chi connectivity index (χ0n) is 23.1. The molecule has 7 nitrogen and oxygen atoms in total. The SMILES string of the molecule is COc1cccc(N(c2ccccc2)C2CCN(C3(C)CCN(C(=O)c4c(C)ncnc4C)CC3)CC2)c1. The molecule has 0 atom stereocenters. The van der Waals surface area contributed by atoms with Gasteiger partial charge in [-0.25, -0.2) is 9.97 Å². The number of carbonyl (C=O) groups excluding carboxylic acids is 1. The molecule has 0 aliphatic carbocycles. The molecule has 0 saturated carbocycles. The summed E-state index contributed by atoms with van der Waals surface area (Å²) in [6, 6.07) is 19.5. The quantitative estimate of drug-likeness (QED) is 0.440. The molecule has 0 bridgehead atoms. The van der Waals surface area contributed by atoms with Crippen LogP contribution >= 0.6 is 0 Å². The van der Waals surface area contributed by atoms with Gasteiger partial charge in [-0.3, -0.25) is 9.69 Å². The standard InChI is InChI=1S/C31H39N5O2/c1-23-29(24(2)33-22-32-23)30(37)34-19-15-31(3,16-20-34)35-17-13-26(14-18-35)36(25-9-6-5-7-10-25)27-11-8-12-28(21-27)38-4/h5-12,21-22,26H,13-20H2,1-4H3. The number of aryl methyl sites for hydroxylation is 2. The van der Waals surface area contributed by atoms with Gasteiger partial charge in [0, 0.05) is 55.2 Å². The fourth-order valence-corrected chi connectivity index (χ4v) is 6.15. The Kier molecular flexibility index (Phi) is 7.65. The molecule has 5 rings (SSSR count). The van der Waals surface area contributed by atoms with E-state index in [-0.39, 0.29) is 11.4 Å². The lowest BCUT2D eigenvalue weighted by atomic mass is 9.85. The molecule has 0 radical (unpaired) electrons. The minimum absolute atomic E-state index is 0.0677. The van der Waals surface area contributed by atoms with E-state index in [9.17, 15) is 4.79 Å². The third-order valence-corrected chi connectivity index (χ3v) is 8.53. The Bertz CT molecular complexity index is 1230. The molecule has 3 heterocycles. The summed E-state index contributed by atoms with van der Waals surface area (Å²) < 4.78 is 5.53. The minimum Gasteiger partial charge on any atom is -0.497 e. The number of anilines is 2. The summed E-state index contributed by atoms with van der Waals surface area (Å²) in [7, 11) is 1.72. The molecule has 7 heteroatoms. The fourth-order valence-electron chi connectivity index (χ4n) is 6.15. The number of rotatable bonds is 6. The van der Waals surface area contributed by atoms with Gasteiger partial charge in [0.15, 0.2) is 0 Å². The number of piperidine rings is 2. The predicted octanol–water partition coefficient (Wildman–Crippen LogP) is 5.40. The second kappa shape index (κ2) is 11.1. The van der Waals surface area contributed by atoms with Crippen LogP contribution in [-0.4, -0.2) is 70.5 Å². The van der Waals surface area contributed by atoms with Gasteiger partial charge in [0.2, 0.25) is 0 Å². The number of benzene rings is 2. The van der Waals surface area contributed by atoms with Crippen LogP contribution in [0.3, 0.4) is 0 Å². The van der Waals surface area contributed by atoms with Gasteiger partial charge in [-0.15, -0.1) is 0 Å². The van der Waals surface area contributed by atoms with Crippen LogP contribution in [0, 0.1) is 13.8 Å². The van der Waals surface area contributed by atoms with Gasteiger partial charge in [-0.1, -0.05) is 24.3 Å². The van der Waals surface area contributed by atoms with Gasteiger partial charge in [-0.05, 0) is 70.7 Å². The van der Waals surface area contributed by atoms with Crippen molar-refractivity contribution in [2.45, 2.75) is 58.0 Å². The highest BCUT2D eigenvalue weighted by molar-refractivity contribution is 5.96. The molecule has 0 N–H and O–H groups in total. The number of hydrogen-bond acceptors (Lipinski definition) is 6. The van der Waals surface area contributed by atoms with Gasteiger partial charge >= 0.3 is 0 Å². The smallest absolute Gasteiger partial charge is 0.257 e. The third kappa shape index (κ3) is 5.25. The first-order valence-corrected chi connectivity index (χ1v) is 13.7. The van der Waals surface area contributed by atoms with Gasteiger partial charge in [-0.2, -0.15) is 0 Å². The monoisotopic (exact) mass is 513 g/mol. The van der Waals surface area contributed by atoms with Crippen molar-refractivity contribution in [2.24, 2.45) is 0 Å². The van der Waals surface area contributed by atoms with Crippen molar-refractivity contribution in [1.82, 2.24) is 19.8 Å². The molecule has 2 aliphatic rings. The topological polar surface area (TPSA) is 61.8 Å². The highest BCUT2D eigenvalue weighted by Crippen LogP contribution is 2.37. The average molecular weight is 514 g/mol. The van der Waals surface area contributed by atoms with Crippen LogP contribution in [0.25, 0.3) is 0 Å². The van der Waals surface area contributed by atoms with Crippen LogP contribution in [-0.2, 0) is 0 Å². The molecule has 2 fully saturated rings. The second-order valence-corrected chi connectivity index (χ2v) is 10.8. The van der Waals surface area contributed by atoms with Crippen molar-refractivity contribution in [3.63, 3.8) is 0 Å². The Morgan fingerprint density at radius 3 is 2.18 bits per heavy atom. The molecule has 2 aromatic carbocycles. The zero-order chi connectivity index (χ0) is 26.7. The number of amides is 1. The Morgan fingerprint density at radius 2 is 1.55 bits per heavy atom. The Balaban J connectivity index is 1.25. The Hall–Kier alpha value is -3.45. The average Bonchev–Trinajstić information content (AvgIpc) is 2.94. The summed E-state index contributed by atoms with van der Waals surface area (Å²) in [4.78, 5) is 28.9. The van der Waals surface area contributed by atoms with Crippen molar-refractivity contribution in [2.75, 3.05) is 38.2 Å². The van der Waals surface area contributed by atoms with E-state index in [1.54, 1.807) is 7.11 Å². The fraction of sp³-hybridized carbons (Fsp3) is 0.452. The summed E-state index contributed by atoms with van der Waals surface area (Å²) in [5.74, 6) is 0.945. The lowest BCUT2D eigenvalue weighted by molar-refractivity contribution is 0.0176. The molecule has 0 unspecified atom stereocenters. The minimum atomic E-state index is 0.0677. The van der Waals surface area contributed by atoms with E-state index in [1.165, 1.54) is 17.7 Å². The van der Waals surface area contributed by atoms with Crippen molar-refractivity contribution < 1.29 is 9.53 Å². The number of para-hydroxylation sites is 1. The van der Waals surface area contributed by atoms with E-state index in [1.807, 2.05) is 24.8 Å². The first-order chi connectivity index (χ1) is 18.4. The highest BCUT2D eigenvalue weighted by atomic mass is 16.5. The molecule has 2 aliphatic heterocycles. The van der Waals surface area contributed by atoms with Crippen LogP contribution in [0.1, 0.15) is 54.4 Å². The Morgan fingerprint density at radius 1 is 0.921 bits per heavy atom. The first-order valence-electron chi connectivity index (χ1n) is 13.7. The molecule has 38 heavy (non-hydrogen) atoms. The van der Waals surface area contributed by atoms with E-state index in [0.29, 0.717) is 11.6 Å². The molecular weight excluding hydrogens is 474 g/mol. The van der Waals surface area contributed by atoms with Crippen LogP contribution in [0.5, 0.6) is 5.75 Å². The molecular formula is C31H39N5O2. The van der Waals surface area contributed by atoms with Crippen LogP contribution in [0.2, 0.25) is 0 Å². The number of ether oxygens (including phenoxy) is 1. The summed E-state index contributed by atoms with van der Waals surface area (Å²) in [5, 5.41) is 0. The largest absolute Gasteiger partial charge is 0.497 e. The molecule has 1 amide bonds. The first kappa shape index (κ1) is 26.2. The lowest BCUT2D eigenvalue weighted by Gasteiger charge is -2.50. The molecule has 2 saturated heterocycles. The summed E-state index contributed by atoms with van der Waals surface area (Å²) in [6.07, 6.45) is 5.67. The van der Waals surface area contributed by atoms with Gasteiger partial charge in [0.1, 0.15) is 12.1 Å². The summed E-state index contributed by atoms with van der Waals surface area (Å²) in [5.41, 5.74) is 4.67. The third-order valence-electron chi connectivity index (χ3n) is 8.53. The van der Waals surface area contributed by atoms with Gasteiger partial charge in [0.05, 0.1) is 24.1 Å². The van der Waals surface area contributed by atoms with E-state index in [4.69, 9.17) is 4.74 Å². The molecule has 1 aromatic heterocycles. The lowest BCUT2D eigenvalue weighted by Crippen LogP contribution is -2.58. The maximum absolute atomic E-state index is 13.3. The number of carbonyl (C=O) groups is 1. The number of methoxy groups -OCH3 is 1. The number of aromatic nitrogens is 2. The Labute approximate surface area is 226 Å². The predicted molar refractivity (Wildman–Crippen MR) is 151 cm³/mol. The van der Waals surface area contributed by atoms with Crippen LogP contribution in [0.15, 0.2) is 60.9 Å². The van der Waals surface area contributed by atoms with Gasteiger partial charge < -0.3 is 14.5 Å². The van der Waals surface area contributed by atoms with Crippen LogP contribution in [0.4, 0.5) is 11.4 Å². The number of hydrogen-bond donors (Lipinski definition) is 0. The van der Waals surface area contributed by atoms with E-state index in [0.717, 1.165) is 69.0 Å². The van der Waals surface area contributed by atoms with Crippen molar-refractivity contribution >= 4 is 17.3 Å². The van der Waals surface area contributed by atoms with Crippen molar-refractivity contribution in [3.05, 3.63) is 77.9 Å². The van der Waals surface area contributed by atoms with E-state index >= 15 is 0 Å². The normalized spacial score (nSPS) is 18.3. The van der Waals surface area contributed by atoms with Crippen molar-refractivity contribution in [1.29, 1.82) is 0 Å². The summed E-state index contributed by atoms with van der Waals surface area (Å²) in [6.45, 7) is 9.80. The zero-order valence-corrected chi connectivity index (χ0v) is 23.1. The van der Waals surface area contributed by atoms with Gasteiger partial charge in [0.25, 0.3) is 5.91 Å². The summed E-state index contributed by atoms with van der Waals surface area (Å²) >= 11 is 0. The van der Waals surface area contributed by atoms with Crippen LogP contribution < -0.4 is 9.64 Å². The molecule has 200 valence electrons.